The molecule has 1 aromatic carbocycles. The van der Waals surface area contributed by atoms with Gasteiger partial charge in [0, 0.05) is 35.8 Å². The van der Waals surface area contributed by atoms with E-state index in [1.54, 1.807) is 0 Å². The Hall–Kier alpha value is -1.81. The minimum Gasteiger partial charge on any atom is -0.393 e. The molecule has 1 atom stereocenters. The van der Waals surface area contributed by atoms with Gasteiger partial charge in [-0.25, -0.2) is 0 Å². The summed E-state index contributed by atoms with van der Waals surface area (Å²) in [4.78, 5) is 17.7. The minimum atomic E-state index is -0.277. The number of piperidine rings is 1. The first-order valence-corrected chi connectivity index (χ1v) is 7.20. The molecular formula is C16H20N2O2. The van der Waals surface area contributed by atoms with Gasteiger partial charge in [0.2, 0.25) is 0 Å². The van der Waals surface area contributed by atoms with Crippen molar-refractivity contribution in [3.63, 3.8) is 0 Å². The number of nitrogens with zero attached hydrogens (tertiary/aromatic N) is 1. The predicted octanol–water partition coefficient (Wildman–Crippen LogP) is 2.40. The number of H-pyrrole nitrogens is 1. The Morgan fingerprint density at radius 2 is 2.10 bits per heavy atom. The van der Waals surface area contributed by atoms with E-state index in [2.05, 4.69) is 4.98 Å². The zero-order valence-corrected chi connectivity index (χ0v) is 11.7. The number of amides is 1. The van der Waals surface area contributed by atoms with Crippen LogP contribution in [0.5, 0.6) is 0 Å². The highest BCUT2D eigenvalue weighted by atomic mass is 16.3. The zero-order chi connectivity index (χ0) is 14.1. The third-order valence-electron chi connectivity index (χ3n) is 4.33. The first kappa shape index (κ1) is 13.2. The molecule has 1 aromatic heterocycles. The van der Waals surface area contributed by atoms with Gasteiger partial charge in [-0.2, -0.15) is 0 Å². The SMILES string of the molecule is CC(O)C1CCN(C(=O)c2cccc3[nH]ccc23)CC1. The van der Waals surface area contributed by atoms with E-state index in [9.17, 15) is 9.90 Å². The van der Waals surface area contributed by atoms with Gasteiger partial charge in [-0.1, -0.05) is 6.07 Å². The van der Waals surface area contributed by atoms with Crippen molar-refractivity contribution in [2.75, 3.05) is 13.1 Å². The fourth-order valence-electron chi connectivity index (χ4n) is 3.03. The van der Waals surface area contributed by atoms with Crippen LogP contribution in [0.1, 0.15) is 30.1 Å². The molecule has 106 valence electrons. The molecule has 1 fully saturated rings. The van der Waals surface area contributed by atoms with Crippen molar-refractivity contribution in [1.29, 1.82) is 0 Å². The maximum Gasteiger partial charge on any atom is 0.254 e. The molecule has 0 saturated carbocycles. The lowest BCUT2D eigenvalue weighted by Gasteiger charge is -2.33. The highest BCUT2D eigenvalue weighted by Gasteiger charge is 2.26. The topological polar surface area (TPSA) is 56.3 Å². The van der Waals surface area contributed by atoms with Crippen molar-refractivity contribution < 1.29 is 9.90 Å². The molecule has 1 aliphatic rings. The molecule has 2 aromatic rings. The average Bonchev–Trinajstić information content (AvgIpc) is 2.95. The summed E-state index contributed by atoms with van der Waals surface area (Å²) in [5.41, 5.74) is 1.76. The molecule has 0 aliphatic carbocycles. The van der Waals surface area contributed by atoms with Crippen LogP contribution in [0, 0.1) is 5.92 Å². The molecule has 2 N–H and O–H groups in total. The Kier molecular flexibility index (Phi) is 3.49. The second-order valence-electron chi connectivity index (χ2n) is 5.61. The molecule has 1 amide bonds. The predicted molar refractivity (Wildman–Crippen MR) is 78.6 cm³/mol. The van der Waals surface area contributed by atoms with Crippen LogP contribution in [-0.4, -0.2) is 40.1 Å². The lowest BCUT2D eigenvalue weighted by Crippen LogP contribution is -2.40. The number of carbonyl (C=O) groups excluding carboxylic acids is 1. The van der Waals surface area contributed by atoms with E-state index in [4.69, 9.17) is 0 Å². The maximum absolute atomic E-state index is 12.6. The number of rotatable bonds is 2. The van der Waals surface area contributed by atoms with Crippen LogP contribution >= 0.6 is 0 Å². The molecule has 4 heteroatoms. The zero-order valence-electron chi connectivity index (χ0n) is 11.7. The van der Waals surface area contributed by atoms with Crippen molar-refractivity contribution in [3.8, 4) is 0 Å². The first-order chi connectivity index (χ1) is 9.66. The third-order valence-corrected chi connectivity index (χ3v) is 4.33. The number of carbonyl (C=O) groups is 1. The van der Waals surface area contributed by atoms with Gasteiger partial charge in [-0.05, 0) is 43.9 Å². The molecule has 0 bridgehead atoms. The van der Waals surface area contributed by atoms with Gasteiger partial charge in [0.25, 0.3) is 5.91 Å². The number of benzene rings is 1. The van der Waals surface area contributed by atoms with Crippen LogP contribution in [-0.2, 0) is 0 Å². The van der Waals surface area contributed by atoms with Gasteiger partial charge < -0.3 is 15.0 Å². The van der Waals surface area contributed by atoms with E-state index in [0.717, 1.165) is 42.4 Å². The summed E-state index contributed by atoms with van der Waals surface area (Å²) in [7, 11) is 0. The van der Waals surface area contributed by atoms with Gasteiger partial charge in [-0.15, -0.1) is 0 Å². The van der Waals surface area contributed by atoms with Crippen molar-refractivity contribution in [3.05, 3.63) is 36.0 Å². The lowest BCUT2D eigenvalue weighted by atomic mass is 9.92. The smallest absolute Gasteiger partial charge is 0.254 e. The van der Waals surface area contributed by atoms with Gasteiger partial charge in [0.15, 0.2) is 0 Å². The number of hydrogen-bond donors (Lipinski definition) is 2. The third kappa shape index (κ3) is 2.31. The van der Waals surface area contributed by atoms with E-state index in [-0.39, 0.29) is 12.0 Å². The van der Waals surface area contributed by atoms with Crippen molar-refractivity contribution in [2.45, 2.75) is 25.9 Å². The average molecular weight is 272 g/mol. The molecule has 4 nitrogen and oxygen atoms in total. The molecule has 1 saturated heterocycles. The number of likely N-dealkylation sites (tertiary alicyclic amines) is 1. The highest BCUT2D eigenvalue weighted by Crippen LogP contribution is 2.24. The van der Waals surface area contributed by atoms with E-state index in [1.165, 1.54) is 0 Å². The van der Waals surface area contributed by atoms with Crippen LogP contribution in [0.4, 0.5) is 0 Å². The molecule has 1 aliphatic heterocycles. The van der Waals surface area contributed by atoms with Gasteiger partial charge in [-0.3, -0.25) is 4.79 Å². The summed E-state index contributed by atoms with van der Waals surface area (Å²) in [6.45, 7) is 3.30. The molecule has 3 rings (SSSR count). The minimum absolute atomic E-state index is 0.0965. The number of aromatic amines is 1. The normalized spacial score (nSPS) is 18.4. The van der Waals surface area contributed by atoms with Crippen molar-refractivity contribution in [1.82, 2.24) is 9.88 Å². The highest BCUT2D eigenvalue weighted by molar-refractivity contribution is 6.06. The Labute approximate surface area is 118 Å². The van der Waals surface area contributed by atoms with Crippen LogP contribution in [0.2, 0.25) is 0 Å². The summed E-state index contributed by atoms with van der Waals surface area (Å²) < 4.78 is 0. The fraction of sp³-hybridized carbons (Fsp3) is 0.438. The Morgan fingerprint density at radius 3 is 2.80 bits per heavy atom. The van der Waals surface area contributed by atoms with Crippen molar-refractivity contribution >= 4 is 16.8 Å². The van der Waals surface area contributed by atoms with E-state index < -0.39 is 0 Å². The van der Waals surface area contributed by atoms with Gasteiger partial charge >= 0.3 is 0 Å². The Balaban J connectivity index is 1.78. The summed E-state index contributed by atoms with van der Waals surface area (Å²) in [5.74, 6) is 0.418. The Morgan fingerprint density at radius 1 is 1.35 bits per heavy atom. The maximum atomic E-state index is 12.6. The molecule has 1 unspecified atom stereocenters. The second-order valence-corrected chi connectivity index (χ2v) is 5.61. The van der Waals surface area contributed by atoms with E-state index in [1.807, 2.05) is 42.3 Å². The van der Waals surface area contributed by atoms with Crippen LogP contribution in [0.3, 0.4) is 0 Å². The quantitative estimate of drug-likeness (QED) is 0.882. The van der Waals surface area contributed by atoms with Crippen molar-refractivity contribution in [2.24, 2.45) is 5.92 Å². The molecule has 2 heterocycles. The van der Waals surface area contributed by atoms with Gasteiger partial charge in [0.05, 0.1) is 6.10 Å². The van der Waals surface area contributed by atoms with Gasteiger partial charge in [0.1, 0.15) is 0 Å². The van der Waals surface area contributed by atoms with E-state index >= 15 is 0 Å². The Bertz CT molecular complexity index is 610. The number of aliphatic hydroxyl groups excluding tert-OH is 1. The number of aliphatic hydroxyl groups is 1. The molecule has 0 spiro atoms. The van der Waals surface area contributed by atoms with Crippen LogP contribution in [0.25, 0.3) is 10.9 Å². The standard InChI is InChI=1S/C16H20N2O2/c1-11(19)12-6-9-18(10-7-12)16(20)14-3-2-4-15-13(14)5-8-17-15/h2-5,8,11-12,17,19H,6-7,9-10H2,1H3. The first-order valence-electron chi connectivity index (χ1n) is 7.20. The summed E-state index contributed by atoms with van der Waals surface area (Å²) in [6.07, 6.45) is 3.35. The fourth-order valence-corrected chi connectivity index (χ4v) is 3.03. The largest absolute Gasteiger partial charge is 0.393 e. The van der Waals surface area contributed by atoms with Crippen LogP contribution < -0.4 is 0 Å². The van der Waals surface area contributed by atoms with E-state index in [0.29, 0.717) is 5.92 Å². The summed E-state index contributed by atoms with van der Waals surface area (Å²) in [5, 5.41) is 10.6. The second kappa shape index (κ2) is 5.29. The number of nitrogens with one attached hydrogen (secondary N) is 1. The summed E-state index contributed by atoms with van der Waals surface area (Å²) in [6, 6.07) is 7.73. The van der Waals surface area contributed by atoms with Crippen LogP contribution in [0.15, 0.2) is 30.5 Å². The number of fused-ring (bicyclic) bond motifs is 1. The lowest BCUT2D eigenvalue weighted by molar-refractivity contribution is 0.0523. The molecule has 0 radical (unpaired) electrons. The number of aromatic nitrogens is 1. The summed E-state index contributed by atoms with van der Waals surface area (Å²) >= 11 is 0. The molecular weight excluding hydrogens is 252 g/mol. The monoisotopic (exact) mass is 272 g/mol. The molecule has 20 heavy (non-hydrogen) atoms. The number of hydrogen-bond acceptors (Lipinski definition) is 2.